The van der Waals surface area contributed by atoms with Gasteiger partial charge < -0.3 is 5.32 Å². The molecule has 2 aromatic rings. The highest BCUT2D eigenvalue weighted by Crippen LogP contribution is 2.09. The fourth-order valence-electron chi connectivity index (χ4n) is 1.80. The van der Waals surface area contributed by atoms with Gasteiger partial charge in [0, 0.05) is 18.2 Å². The minimum Gasteiger partial charge on any atom is -0.355 e. The van der Waals surface area contributed by atoms with Crippen LogP contribution in [0.1, 0.15) is 26.3 Å². The molecule has 2 aromatic carbocycles. The molecule has 3 nitrogen and oxygen atoms in total. The Hall–Kier alpha value is -2.75. The second kappa shape index (κ2) is 6.61. The fourth-order valence-corrected chi connectivity index (χ4v) is 1.80. The molecule has 0 aliphatic carbocycles. The van der Waals surface area contributed by atoms with Crippen LogP contribution in [0.5, 0.6) is 0 Å². The molecule has 0 atom stereocenters. The first-order chi connectivity index (χ1) is 10.1. The van der Waals surface area contributed by atoms with E-state index in [0.29, 0.717) is 11.1 Å². The van der Waals surface area contributed by atoms with Crippen LogP contribution < -0.4 is 5.32 Å². The third-order valence-corrected chi connectivity index (χ3v) is 2.94. The average Bonchev–Trinajstić information content (AvgIpc) is 2.52. The summed E-state index contributed by atoms with van der Waals surface area (Å²) in [5.41, 5.74) is 1.63. The third-order valence-electron chi connectivity index (χ3n) is 2.94. The highest BCUT2D eigenvalue weighted by atomic mass is 19.1. The number of halogens is 1. The Bertz CT molecular complexity index is 690. The molecule has 106 valence electrons. The van der Waals surface area contributed by atoms with Crippen LogP contribution >= 0.6 is 0 Å². The van der Waals surface area contributed by atoms with E-state index in [1.165, 1.54) is 24.3 Å². The van der Waals surface area contributed by atoms with Crippen molar-refractivity contribution in [3.05, 3.63) is 77.1 Å². The van der Waals surface area contributed by atoms with Crippen molar-refractivity contribution >= 4 is 17.8 Å². The van der Waals surface area contributed by atoms with Crippen molar-refractivity contribution in [3.8, 4) is 0 Å². The molecule has 0 aliphatic heterocycles. The smallest absolute Gasteiger partial charge is 0.251 e. The molecule has 0 radical (unpaired) electrons. The van der Waals surface area contributed by atoms with Crippen molar-refractivity contribution in [3.63, 3.8) is 0 Å². The summed E-state index contributed by atoms with van der Waals surface area (Å²) in [4.78, 5) is 23.3. The molecule has 0 unspecified atom stereocenters. The molecule has 0 aromatic heterocycles. The van der Waals surface area contributed by atoms with E-state index < -0.39 is 5.82 Å². The highest BCUT2D eigenvalue weighted by molar-refractivity contribution is 6.06. The molecule has 0 fully saturated rings. The van der Waals surface area contributed by atoms with Crippen molar-refractivity contribution in [2.75, 3.05) is 7.05 Å². The first kappa shape index (κ1) is 14.7. The molecule has 0 aliphatic rings. The summed E-state index contributed by atoms with van der Waals surface area (Å²) in [6, 6.07) is 12.4. The molecule has 1 N–H and O–H groups in total. The van der Waals surface area contributed by atoms with Gasteiger partial charge in [-0.05, 0) is 35.9 Å². The number of allylic oxidation sites excluding steroid dienone is 1. The Morgan fingerprint density at radius 3 is 2.38 bits per heavy atom. The molecule has 0 bridgehead atoms. The van der Waals surface area contributed by atoms with Crippen molar-refractivity contribution in [2.45, 2.75) is 0 Å². The number of benzene rings is 2. The SMILES string of the molecule is CNC(=O)c1ccc(/C=C/C(=O)c2cccc(F)c2)cc1. The third kappa shape index (κ3) is 3.86. The largest absolute Gasteiger partial charge is 0.355 e. The van der Waals surface area contributed by atoms with E-state index in [9.17, 15) is 14.0 Å². The number of amides is 1. The maximum Gasteiger partial charge on any atom is 0.251 e. The Kier molecular flexibility index (Phi) is 4.61. The van der Waals surface area contributed by atoms with Gasteiger partial charge in [0.15, 0.2) is 5.78 Å². The maximum atomic E-state index is 13.0. The summed E-state index contributed by atoms with van der Waals surface area (Å²) in [7, 11) is 1.56. The summed E-state index contributed by atoms with van der Waals surface area (Å²) in [6.45, 7) is 0. The van der Waals surface area contributed by atoms with Crippen molar-refractivity contribution in [2.24, 2.45) is 0 Å². The molecular formula is C17H14FNO2. The van der Waals surface area contributed by atoms with Gasteiger partial charge in [-0.2, -0.15) is 0 Å². The van der Waals surface area contributed by atoms with Gasteiger partial charge in [0.1, 0.15) is 5.82 Å². The summed E-state index contributed by atoms with van der Waals surface area (Å²) in [6.07, 6.45) is 3.00. The van der Waals surface area contributed by atoms with Crippen LogP contribution in [-0.2, 0) is 0 Å². The van der Waals surface area contributed by atoms with Crippen LogP contribution in [0.25, 0.3) is 6.08 Å². The number of rotatable bonds is 4. The quantitative estimate of drug-likeness (QED) is 0.692. The summed E-state index contributed by atoms with van der Waals surface area (Å²) in [5, 5.41) is 2.53. The lowest BCUT2D eigenvalue weighted by atomic mass is 10.1. The van der Waals surface area contributed by atoms with Gasteiger partial charge in [0.05, 0.1) is 0 Å². The van der Waals surface area contributed by atoms with Crippen LogP contribution in [0.4, 0.5) is 4.39 Å². The topological polar surface area (TPSA) is 46.2 Å². The Morgan fingerprint density at radius 1 is 1.05 bits per heavy atom. The van der Waals surface area contributed by atoms with Crippen molar-refractivity contribution in [1.82, 2.24) is 5.32 Å². The number of hydrogen-bond donors (Lipinski definition) is 1. The zero-order chi connectivity index (χ0) is 15.2. The van der Waals surface area contributed by atoms with Gasteiger partial charge >= 0.3 is 0 Å². The molecule has 0 saturated carbocycles. The van der Waals surface area contributed by atoms with Crippen molar-refractivity contribution < 1.29 is 14.0 Å². The molecule has 0 saturated heterocycles. The lowest BCUT2D eigenvalue weighted by Crippen LogP contribution is -2.17. The van der Waals surface area contributed by atoms with Gasteiger partial charge in [0.2, 0.25) is 0 Å². The number of hydrogen-bond acceptors (Lipinski definition) is 2. The Labute approximate surface area is 122 Å². The molecule has 4 heteroatoms. The first-order valence-electron chi connectivity index (χ1n) is 6.40. The van der Waals surface area contributed by atoms with Gasteiger partial charge in [-0.15, -0.1) is 0 Å². The van der Waals surface area contributed by atoms with E-state index in [1.54, 1.807) is 43.5 Å². The van der Waals surface area contributed by atoms with E-state index in [2.05, 4.69) is 5.32 Å². The van der Waals surface area contributed by atoms with Gasteiger partial charge in [-0.3, -0.25) is 9.59 Å². The van der Waals surface area contributed by atoms with E-state index in [0.717, 1.165) is 5.56 Å². The second-order valence-electron chi connectivity index (χ2n) is 4.41. The zero-order valence-electron chi connectivity index (χ0n) is 11.5. The van der Waals surface area contributed by atoms with Gasteiger partial charge in [-0.1, -0.05) is 30.3 Å². The second-order valence-corrected chi connectivity index (χ2v) is 4.41. The highest BCUT2D eigenvalue weighted by Gasteiger charge is 2.03. The molecule has 1 amide bonds. The maximum absolute atomic E-state index is 13.0. The van der Waals surface area contributed by atoms with Gasteiger partial charge in [0.25, 0.3) is 5.91 Å². The van der Waals surface area contributed by atoms with Gasteiger partial charge in [-0.25, -0.2) is 4.39 Å². The summed E-state index contributed by atoms with van der Waals surface area (Å²) < 4.78 is 13.0. The first-order valence-corrected chi connectivity index (χ1v) is 6.40. The van der Waals surface area contributed by atoms with E-state index in [4.69, 9.17) is 0 Å². The predicted octanol–water partition coefficient (Wildman–Crippen LogP) is 3.08. The average molecular weight is 283 g/mol. The van der Waals surface area contributed by atoms with Crippen LogP contribution in [0.2, 0.25) is 0 Å². The van der Waals surface area contributed by atoms with E-state index >= 15 is 0 Å². The van der Waals surface area contributed by atoms with Crippen molar-refractivity contribution in [1.29, 1.82) is 0 Å². The number of nitrogens with one attached hydrogen (secondary N) is 1. The van der Waals surface area contributed by atoms with E-state index in [1.807, 2.05) is 0 Å². The molecular weight excluding hydrogens is 269 g/mol. The molecule has 21 heavy (non-hydrogen) atoms. The minimum absolute atomic E-state index is 0.165. The number of carbonyl (C=O) groups is 2. The van der Waals surface area contributed by atoms with Crippen LogP contribution in [0.3, 0.4) is 0 Å². The Balaban J connectivity index is 2.10. The fraction of sp³-hybridized carbons (Fsp3) is 0.0588. The number of ketones is 1. The zero-order valence-corrected chi connectivity index (χ0v) is 11.5. The van der Waals surface area contributed by atoms with Crippen LogP contribution in [0, 0.1) is 5.82 Å². The minimum atomic E-state index is -0.441. The standard InChI is InChI=1S/C17H14FNO2/c1-19-17(21)13-8-5-12(6-9-13)7-10-16(20)14-3-2-4-15(18)11-14/h2-11H,1H3,(H,19,21)/b10-7+. The normalized spacial score (nSPS) is 10.6. The van der Waals surface area contributed by atoms with Crippen LogP contribution in [0.15, 0.2) is 54.6 Å². The lowest BCUT2D eigenvalue weighted by molar-refractivity contribution is 0.0962. The van der Waals surface area contributed by atoms with E-state index in [-0.39, 0.29) is 11.7 Å². The summed E-state index contributed by atoms with van der Waals surface area (Å²) >= 11 is 0. The predicted molar refractivity (Wildman–Crippen MR) is 79.6 cm³/mol. The Morgan fingerprint density at radius 2 is 1.76 bits per heavy atom. The molecule has 2 rings (SSSR count). The molecule has 0 heterocycles. The summed E-state index contributed by atoms with van der Waals surface area (Å²) in [5.74, 6) is -0.879. The van der Waals surface area contributed by atoms with Crippen LogP contribution in [-0.4, -0.2) is 18.7 Å². The molecule has 0 spiro atoms. The number of carbonyl (C=O) groups excluding carboxylic acids is 2. The lowest BCUT2D eigenvalue weighted by Gasteiger charge is -2.00. The monoisotopic (exact) mass is 283 g/mol.